The molecule has 32 heavy (non-hydrogen) atoms. The molecular weight excluding hydrogens is 410 g/mol. The van der Waals surface area contributed by atoms with Crippen molar-refractivity contribution in [1.82, 2.24) is 20.9 Å². The van der Waals surface area contributed by atoms with Gasteiger partial charge in [-0.3, -0.25) is 14.5 Å². The van der Waals surface area contributed by atoms with Gasteiger partial charge < -0.3 is 20.7 Å². The number of hydrogen-bond acceptors (Lipinski definition) is 6. The molecule has 9 nitrogen and oxygen atoms in total. The van der Waals surface area contributed by atoms with Crippen LogP contribution < -0.4 is 16.0 Å². The molecule has 1 aliphatic heterocycles. The Balaban J connectivity index is 2.06. The summed E-state index contributed by atoms with van der Waals surface area (Å²) in [4.78, 5) is 39.5. The maximum Gasteiger partial charge on any atom is 0.408 e. The van der Waals surface area contributed by atoms with Crippen molar-refractivity contribution in [2.75, 3.05) is 20.6 Å². The lowest BCUT2D eigenvalue weighted by Gasteiger charge is -2.41. The number of ether oxygens (including phenoxy) is 1. The number of amides is 3. The summed E-state index contributed by atoms with van der Waals surface area (Å²) in [5.74, 6) is -0.659. The first kappa shape index (κ1) is 25.1. The van der Waals surface area contributed by atoms with Gasteiger partial charge in [0.1, 0.15) is 5.54 Å². The number of nitrogens with one attached hydrogen (secondary N) is 3. The van der Waals surface area contributed by atoms with Crippen LogP contribution in [0.15, 0.2) is 30.3 Å². The van der Waals surface area contributed by atoms with Crippen LogP contribution in [0.25, 0.3) is 0 Å². The Morgan fingerprint density at radius 2 is 1.97 bits per heavy atom. The number of rotatable bonds is 8. The molecule has 1 aromatic rings. The van der Waals surface area contributed by atoms with E-state index in [-0.39, 0.29) is 24.8 Å². The van der Waals surface area contributed by atoms with Crippen molar-refractivity contribution in [1.29, 1.82) is 5.26 Å². The largest absolute Gasteiger partial charge is 0.436 e. The van der Waals surface area contributed by atoms with E-state index in [4.69, 9.17) is 4.74 Å². The molecule has 1 heterocycles. The molecule has 1 aromatic carbocycles. The number of alkyl carbamates (subject to hydrolysis) is 1. The molecule has 0 radical (unpaired) electrons. The molecule has 0 aromatic heterocycles. The van der Waals surface area contributed by atoms with Crippen molar-refractivity contribution in [3.63, 3.8) is 0 Å². The lowest BCUT2D eigenvalue weighted by Crippen LogP contribution is -2.61. The van der Waals surface area contributed by atoms with Crippen molar-refractivity contribution in [2.24, 2.45) is 5.92 Å². The van der Waals surface area contributed by atoms with Crippen LogP contribution in [-0.4, -0.2) is 61.1 Å². The quantitative estimate of drug-likeness (QED) is 0.560. The Bertz CT molecular complexity index is 839. The summed E-state index contributed by atoms with van der Waals surface area (Å²) in [5.41, 5.74) is -0.302. The first-order valence-electron chi connectivity index (χ1n) is 10.8. The van der Waals surface area contributed by atoms with Crippen molar-refractivity contribution in [3.05, 3.63) is 35.9 Å². The van der Waals surface area contributed by atoms with Gasteiger partial charge >= 0.3 is 6.09 Å². The molecule has 1 fully saturated rings. The fraction of sp³-hybridized carbons (Fsp3) is 0.565. The molecule has 0 spiro atoms. The van der Waals surface area contributed by atoms with Gasteiger partial charge in [-0.1, -0.05) is 44.2 Å². The third-order valence-corrected chi connectivity index (χ3v) is 5.60. The molecule has 174 valence electrons. The Morgan fingerprint density at radius 3 is 2.56 bits per heavy atom. The number of hydrogen-bond donors (Lipinski definition) is 3. The van der Waals surface area contributed by atoms with Crippen molar-refractivity contribution >= 4 is 17.9 Å². The van der Waals surface area contributed by atoms with E-state index in [1.165, 1.54) is 7.05 Å². The van der Waals surface area contributed by atoms with Gasteiger partial charge in [0, 0.05) is 26.6 Å². The molecule has 2 rings (SSSR count). The average Bonchev–Trinajstić information content (AvgIpc) is 2.78. The SMILES string of the molecule is CNC(=O)C1CC(C#N)(NC(=O)[C@H](CC(C)C)OC(=O)NCc2ccccc2)CCN1C. The second-order valence-electron chi connectivity index (χ2n) is 8.61. The third-order valence-electron chi connectivity index (χ3n) is 5.60. The van der Waals surface area contributed by atoms with Crippen LogP contribution in [0.3, 0.4) is 0 Å². The molecule has 3 amide bonds. The molecule has 0 bridgehead atoms. The van der Waals surface area contributed by atoms with E-state index in [0.29, 0.717) is 19.4 Å². The first-order valence-corrected chi connectivity index (χ1v) is 10.8. The predicted octanol–water partition coefficient (Wildman–Crippen LogP) is 1.55. The maximum absolute atomic E-state index is 13.1. The smallest absolute Gasteiger partial charge is 0.408 e. The minimum atomic E-state index is -1.21. The Labute approximate surface area is 189 Å². The van der Waals surface area contributed by atoms with E-state index in [9.17, 15) is 19.6 Å². The lowest BCUT2D eigenvalue weighted by molar-refractivity contribution is -0.134. The molecule has 3 N–H and O–H groups in total. The summed E-state index contributed by atoms with van der Waals surface area (Å²) in [7, 11) is 3.35. The van der Waals surface area contributed by atoms with Crippen LogP contribution in [-0.2, 0) is 20.9 Å². The van der Waals surface area contributed by atoms with Crippen molar-refractivity contribution in [2.45, 2.75) is 57.3 Å². The fourth-order valence-electron chi connectivity index (χ4n) is 3.71. The highest BCUT2D eigenvalue weighted by Gasteiger charge is 2.44. The highest BCUT2D eigenvalue weighted by Crippen LogP contribution is 2.26. The van der Waals surface area contributed by atoms with Crippen LogP contribution >= 0.6 is 0 Å². The van der Waals surface area contributed by atoms with Gasteiger partial charge in [-0.2, -0.15) is 5.26 Å². The lowest BCUT2D eigenvalue weighted by atomic mass is 9.83. The second-order valence-corrected chi connectivity index (χ2v) is 8.61. The summed E-state index contributed by atoms with van der Waals surface area (Å²) in [6.07, 6.45) is -0.917. The van der Waals surface area contributed by atoms with E-state index in [1.54, 1.807) is 0 Å². The van der Waals surface area contributed by atoms with Gasteiger partial charge in [0.15, 0.2) is 6.10 Å². The topological polar surface area (TPSA) is 124 Å². The van der Waals surface area contributed by atoms with E-state index < -0.39 is 29.7 Å². The molecule has 0 saturated carbocycles. The van der Waals surface area contributed by atoms with E-state index in [1.807, 2.05) is 56.1 Å². The van der Waals surface area contributed by atoms with Crippen LogP contribution in [0.5, 0.6) is 0 Å². The molecule has 0 aliphatic carbocycles. The zero-order valence-corrected chi connectivity index (χ0v) is 19.2. The molecular formula is C23H33N5O4. The zero-order chi connectivity index (χ0) is 23.7. The molecule has 1 aliphatic rings. The Kier molecular flexibility index (Phi) is 9.02. The van der Waals surface area contributed by atoms with Crippen LogP contribution in [0.1, 0.15) is 38.7 Å². The van der Waals surface area contributed by atoms with Gasteiger partial charge in [0.05, 0.1) is 12.1 Å². The van der Waals surface area contributed by atoms with Crippen molar-refractivity contribution < 1.29 is 19.1 Å². The molecule has 1 saturated heterocycles. The second kappa shape index (κ2) is 11.5. The number of nitriles is 1. The van der Waals surface area contributed by atoms with Crippen LogP contribution in [0, 0.1) is 17.2 Å². The third kappa shape index (κ3) is 6.95. The van der Waals surface area contributed by atoms with E-state index in [2.05, 4.69) is 22.0 Å². The minimum absolute atomic E-state index is 0.0850. The predicted molar refractivity (Wildman–Crippen MR) is 119 cm³/mol. The summed E-state index contributed by atoms with van der Waals surface area (Å²) in [6, 6.07) is 11.0. The Hall–Kier alpha value is -3.12. The monoisotopic (exact) mass is 443 g/mol. The summed E-state index contributed by atoms with van der Waals surface area (Å²) in [5, 5.41) is 17.9. The number of likely N-dealkylation sites (tertiary alicyclic amines) is 1. The normalized spacial score (nSPS) is 21.8. The average molecular weight is 444 g/mol. The van der Waals surface area contributed by atoms with Gasteiger partial charge in [0.2, 0.25) is 5.91 Å². The Morgan fingerprint density at radius 1 is 1.28 bits per heavy atom. The highest BCUT2D eigenvalue weighted by molar-refractivity contribution is 5.85. The van der Waals surface area contributed by atoms with E-state index in [0.717, 1.165) is 5.56 Å². The van der Waals surface area contributed by atoms with Gasteiger partial charge in [-0.25, -0.2) is 4.79 Å². The summed E-state index contributed by atoms with van der Waals surface area (Å²) in [6.45, 7) is 4.59. The first-order chi connectivity index (χ1) is 15.2. The van der Waals surface area contributed by atoms with Gasteiger partial charge in [0.25, 0.3) is 5.91 Å². The number of likely N-dealkylation sites (N-methyl/N-ethyl adjacent to an activating group) is 2. The van der Waals surface area contributed by atoms with Gasteiger partial charge in [-0.05, 0) is 31.4 Å². The number of carbonyl (C=O) groups excluding carboxylic acids is 3. The van der Waals surface area contributed by atoms with Crippen LogP contribution in [0.4, 0.5) is 4.79 Å². The molecule has 9 heteroatoms. The summed E-state index contributed by atoms with van der Waals surface area (Å²) < 4.78 is 5.43. The number of nitrogens with zero attached hydrogens (tertiary/aromatic N) is 2. The van der Waals surface area contributed by atoms with Crippen molar-refractivity contribution in [3.8, 4) is 6.07 Å². The highest BCUT2D eigenvalue weighted by atomic mass is 16.6. The summed E-state index contributed by atoms with van der Waals surface area (Å²) >= 11 is 0. The van der Waals surface area contributed by atoms with E-state index >= 15 is 0 Å². The number of piperidine rings is 1. The minimum Gasteiger partial charge on any atom is -0.436 e. The molecule has 3 atom stereocenters. The zero-order valence-electron chi connectivity index (χ0n) is 19.2. The van der Waals surface area contributed by atoms with Crippen LogP contribution in [0.2, 0.25) is 0 Å². The maximum atomic E-state index is 13.1. The number of carbonyl (C=O) groups is 3. The standard InChI is InChI=1S/C23H33N5O4/c1-16(2)12-19(32-22(31)26-14-17-8-6-5-7-9-17)21(30)27-23(15-24)10-11-28(4)18(13-23)20(29)25-3/h5-9,16,18-19H,10-14H2,1-4H3,(H,25,29)(H,26,31)(H,27,30)/t18?,19-,23?/m0/s1. The molecule has 2 unspecified atom stereocenters. The number of benzene rings is 1. The fourth-order valence-corrected chi connectivity index (χ4v) is 3.71. The van der Waals surface area contributed by atoms with Gasteiger partial charge in [-0.15, -0.1) is 0 Å².